The molecule has 0 bridgehead atoms. The van der Waals surface area contributed by atoms with Gasteiger partial charge in [-0.3, -0.25) is 10.1 Å². The zero-order valence-corrected chi connectivity index (χ0v) is 20.1. The third-order valence-corrected chi connectivity index (χ3v) is 6.24. The maximum Gasteiger partial charge on any atom is 0.287 e. The monoisotopic (exact) mass is 490 g/mol. The molecule has 2 heterocycles. The molecule has 0 unspecified atom stereocenters. The van der Waals surface area contributed by atoms with Gasteiger partial charge in [-0.2, -0.15) is 5.10 Å². The van der Waals surface area contributed by atoms with Gasteiger partial charge in [0.05, 0.1) is 17.7 Å². The van der Waals surface area contributed by atoms with Crippen molar-refractivity contribution in [3.05, 3.63) is 148 Å². The summed E-state index contributed by atoms with van der Waals surface area (Å²) in [7, 11) is 0. The van der Waals surface area contributed by atoms with Crippen LogP contribution in [0.15, 0.2) is 122 Å². The number of pyridine rings is 1. The zero-order chi connectivity index (χ0) is 25.5. The first-order valence-electron chi connectivity index (χ1n) is 12.0. The standard InChI is InChI=1S/C29H26N6O2/c36-35(37)26-16-17-27(31-22-26)30-20-21-34-28(18-19-32-34)33-29(23-10-4-1-5-11-23,24-12-6-2-7-13-24)25-14-8-3-9-15-25/h1-19,22,33H,20-21H2,(H,30,31). The minimum absolute atomic E-state index is 0.0387. The first kappa shape index (κ1) is 23.7. The molecule has 37 heavy (non-hydrogen) atoms. The summed E-state index contributed by atoms with van der Waals surface area (Å²) in [4.78, 5) is 14.5. The molecule has 0 amide bonds. The molecule has 0 radical (unpaired) electrons. The van der Waals surface area contributed by atoms with Gasteiger partial charge in [-0.25, -0.2) is 9.67 Å². The molecule has 5 rings (SSSR count). The van der Waals surface area contributed by atoms with Crippen molar-refractivity contribution >= 4 is 17.3 Å². The Morgan fingerprint density at radius 2 is 1.35 bits per heavy atom. The molecule has 0 aliphatic heterocycles. The van der Waals surface area contributed by atoms with Crippen LogP contribution in [-0.4, -0.2) is 26.2 Å². The second-order valence-corrected chi connectivity index (χ2v) is 8.50. The topological polar surface area (TPSA) is 97.9 Å². The Bertz CT molecular complexity index is 1340. The smallest absolute Gasteiger partial charge is 0.287 e. The van der Waals surface area contributed by atoms with E-state index in [1.807, 2.05) is 28.9 Å². The van der Waals surface area contributed by atoms with Crippen LogP contribution in [0, 0.1) is 10.1 Å². The average molecular weight is 491 g/mol. The fourth-order valence-electron chi connectivity index (χ4n) is 4.48. The Balaban J connectivity index is 1.46. The first-order valence-corrected chi connectivity index (χ1v) is 12.0. The summed E-state index contributed by atoms with van der Waals surface area (Å²) >= 11 is 0. The molecule has 0 aliphatic rings. The van der Waals surface area contributed by atoms with Crippen LogP contribution in [0.3, 0.4) is 0 Å². The van der Waals surface area contributed by atoms with Crippen LogP contribution in [0.25, 0.3) is 0 Å². The van der Waals surface area contributed by atoms with Crippen LogP contribution >= 0.6 is 0 Å². The number of aromatic nitrogens is 3. The lowest BCUT2D eigenvalue weighted by Gasteiger charge is -2.37. The molecular weight excluding hydrogens is 464 g/mol. The van der Waals surface area contributed by atoms with Gasteiger partial charge in [-0.05, 0) is 22.8 Å². The van der Waals surface area contributed by atoms with Crippen LogP contribution in [-0.2, 0) is 12.1 Å². The number of hydrogen-bond donors (Lipinski definition) is 2. The van der Waals surface area contributed by atoms with Gasteiger partial charge in [0.1, 0.15) is 23.4 Å². The van der Waals surface area contributed by atoms with Gasteiger partial charge < -0.3 is 10.6 Å². The second-order valence-electron chi connectivity index (χ2n) is 8.50. The zero-order valence-electron chi connectivity index (χ0n) is 20.1. The number of nitrogens with zero attached hydrogens (tertiary/aromatic N) is 4. The van der Waals surface area contributed by atoms with Gasteiger partial charge in [0.15, 0.2) is 0 Å². The Morgan fingerprint density at radius 3 is 1.84 bits per heavy atom. The van der Waals surface area contributed by atoms with E-state index in [0.29, 0.717) is 18.9 Å². The summed E-state index contributed by atoms with van der Waals surface area (Å²) in [6.07, 6.45) is 3.02. The number of anilines is 2. The molecule has 0 fully saturated rings. The molecule has 0 spiro atoms. The highest BCUT2D eigenvalue weighted by molar-refractivity contribution is 5.58. The van der Waals surface area contributed by atoms with Crippen molar-refractivity contribution < 1.29 is 4.92 Å². The number of benzene rings is 3. The van der Waals surface area contributed by atoms with Crippen molar-refractivity contribution in [2.45, 2.75) is 12.1 Å². The molecule has 184 valence electrons. The van der Waals surface area contributed by atoms with Gasteiger partial charge >= 0.3 is 0 Å². The number of rotatable bonds is 10. The Hall–Kier alpha value is -4.98. The molecule has 8 heteroatoms. The minimum Gasteiger partial charge on any atom is -0.368 e. The van der Waals surface area contributed by atoms with E-state index in [1.165, 1.54) is 12.3 Å². The fourth-order valence-corrected chi connectivity index (χ4v) is 4.48. The van der Waals surface area contributed by atoms with Crippen LogP contribution in [0.1, 0.15) is 16.7 Å². The molecule has 3 aromatic carbocycles. The van der Waals surface area contributed by atoms with E-state index in [1.54, 1.807) is 12.3 Å². The molecule has 0 saturated heterocycles. The largest absolute Gasteiger partial charge is 0.368 e. The Kier molecular flexibility index (Phi) is 6.89. The Morgan fingerprint density at radius 1 is 0.784 bits per heavy atom. The summed E-state index contributed by atoms with van der Waals surface area (Å²) in [6.45, 7) is 1.10. The predicted octanol–water partition coefficient (Wildman–Crippen LogP) is 5.70. The quantitative estimate of drug-likeness (QED) is 0.148. The molecule has 8 nitrogen and oxygen atoms in total. The van der Waals surface area contributed by atoms with Gasteiger partial charge in [0, 0.05) is 18.7 Å². The summed E-state index contributed by atoms with van der Waals surface area (Å²) in [5, 5.41) is 22.5. The maximum atomic E-state index is 10.9. The number of nitro groups is 1. The van der Waals surface area contributed by atoms with E-state index in [0.717, 1.165) is 22.5 Å². The summed E-state index contributed by atoms with van der Waals surface area (Å²) < 4.78 is 1.90. The van der Waals surface area contributed by atoms with Gasteiger partial charge in [0.25, 0.3) is 5.69 Å². The highest BCUT2D eigenvalue weighted by atomic mass is 16.6. The summed E-state index contributed by atoms with van der Waals surface area (Å²) in [5.41, 5.74) is 2.62. The normalized spacial score (nSPS) is 11.1. The van der Waals surface area contributed by atoms with Crippen LogP contribution < -0.4 is 10.6 Å². The molecule has 5 aromatic rings. The lowest BCUT2D eigenvalue weighted by molar-refractivity contribution is -0.385. The van der Waals surface area contributed by atoms with E-state index in [9.17, 15) is 10.1 Å². The van der Waals surface area contributed by atoms with Crippen LogP contribution in [0.5, 0.6) is 0 Å². The second kappa shape index (κ2) is 10.7. The summed E-state index contributed by atoms with van der Waals surface area (Å²) in [5.74, 6) is 1.43. The van der Waals surface area contributed by atoms with Crippen molar-refractivity contribution in [2.75, 3.05) is 17.2 Å². The van der Waals surface area contributed by atoms with E-state index in [2.05, 4.69) is 93.5 Å². The lowest BCUT2D eigenvalue weighted by Crippen LogP contribution is -2.39. The molecular formula is C29H26N6O2. The minimum atomic E-state index is -0.658. The van der Waals surface area contributed by atoms with Crippen molar-refractivity contribution in [3.8, 4) is 0 Å². The van der Waals surface area contributed by atoms with Crippen molar-refractivity contribution in [1.29, 1.82) is 0 Å². The van der Waals surface area contributed by atoms with Gasteiger partial charge in [-0.15, -0.1) is 0 Å². The fraction of sp³-hybridized carbons (Fsp3) is 0.103. The van der Waals surface area contributed by atoms with Crippen molar-refractivity contribution in [2.24, 2.45) is 0 Å². The molecule has 2 aromatic heterocycles. The first-order chi connectivity index (χ1) is 18.2. The predicted molar refractivity (Wildman–Crippen MR) is 144 cm³/mol. The van der Waals surface area contributed by atoms with E-state index < -0.39 is 10.5 Å². The lowest BCUT2D eigenvalue weighted by atomic mass is 9.77. The van der Waals surface area contributed by atoms with Gasteiger partial charge in [0.2, 0.25) is 0 Å². The van der Waals surface area contributed by atoms with Crippen molar-refractivity contribution in [3.63, 3.8) is 0 Å². The van der Waals surface area contributed by atoms with E-state index >= 15 is 0 Å². The maximum absolute atomic E-state index is 10.9. The number of hydrogen-bond acceptors (Lipinski definition) is 6. The average Bonchev–Trinajstić information content (AvgIpc) is 3.40. The van der Waals surface area contributed by atoms with Crippen LogP contribution in [0.2, 0.25) is 0 Å². The Labute approximate surface area is 214 Å². The third kappa shape index (κ3) is 5.04. The number of nitrogens with one attached hydrogen (secondary N) is 2. The molecule has 0 aliphatic carbocycles. The highest BCUT2D eigenvalue weighted by Gasteiger charge is 2.37. The van der Waals surface area contributed by atoms with Crippen molar-refractivity contribution in [1.82, 2.24) is 14.8 Å². The van der Waals surface area contributed by atoms with E-state index in [4.69, 9.17) is 0 Å². The molecule has 0 saturated carbocycles. The summed E-state index contributed by atoms with van der Waals surface area (Å²) in [6, 6.07) is 36.2. The highest BCUT2D eigenvalue weighted by Crippen LogP contribution is 2.39. The third-order valence-electron chi connectivity index (χ3n) is 6.24. The molecule has 2 N–H and O–H groups in total. The van der Waals surface area contributed by atoms with Crippen LogP contribution in [0.4, 0.5) is 17.3 Å². The molecule has 0 atom stereocenters. The SMILES string of the molecule is O=[N+]([O-])c1ccc(NCCn2nccc2NC(c2ccccc2)(c2ccccc2)c2ccccc2)nc1. The van der Waals surface area contributed by atoms with E-state index in [-0.39, 0.29) is 5.69 Å². The van der Waals surface area contributed by atoms with Gasteiger partial charge in [-0.1, -0.05) is 91.0 Å².